The van der Waals surface area contributed by atoms with Gasteiger partial charge in [-0.05, 0) is 62.4 Å². The lowest BCUT2D eigenvalue weighted by Gasteiger charge is -2.38. The number of likely N-dealkylation sites (tertiary alicyclic amines) is 1. The first kappa shape index (κ1) is 31.0. The van der Waals surface area contributed by atoms with E-state index in [1.807, 2.05) is 6.08 Å². The average molecular weight is 603 g/mol. The Hall–Kier alpha value is -2.49. The second-order valence-corrected chi connectivity index (χ2v) is 13.0. The Morgan fingerprint density at radius 3 is 2.57 bits per heavy atom. The molecule has 3 amide bonds. The van der Waals surface area contributed by atoms with E-state index < -0.39 is 41.3 Å². The van der Waals surface area contributed by atoms with Gasteiger partial charge in [0.15, 0.2) is 0 Å². The van der Waals surface area contributed by atoms with Gasteiger partial charge in [0.25, 0.3) is 0 Å². The third-order valence-electron chi connectivity index (χ3n) is 9.88. The lowest BCUT2D eigenvalue weighted by Crippen LogP contribution is -2.58. The van der Waals surface area contributed by atoms with Gasteiger partial charge in [-0.1, -0.05) is 64.3 Å². The maximum Gasteiger partial charge on any atom is 0.246 e. The molecule has 10 heteroatoms. The number of amides is 3. The Morgan fingerprint density at radius 2 is 1.88 bits per heavy atom. The van der Waals surface area contributed by atoms with Crippen molar-refractivity contribution in [1.82, 2.24) is 15.1 Å². The van der Waals surface area contributed by atoms with Gasteiger partial charge in [0, 0.05) is 24.8 Å². The van der Waals surface area contributed by atoms with E-state index in [4.69, 9.17) is 16.3 Å². The maximum absolute atomic E-state index is 14.3. The fourth-order valence-electron chi connectivity index (χ4n) is 7.57. The summed E-state index contributed by atoms with van der Waals surface area (Å²) in [6.45, 7) is 11.5. The highest BCUT2D eigenvalue weighted by Crippen LogP contribution is 2.55. The van der Waals surface area contributed by atoms with E-state index in [0.717, 1.165) is 45.2 Å². The minimum atomic E-state index is -1.22. The van der Waals surface area contributed by atoms with E-state index in [-0.39, 0.29) is 22.9 Å². The Morgan fingerprint density at radius 1 is 1.14 bits per heavy atom. The molecule has 1 aromatic rings. The molecule has 2 saturated heterocycles. The second-order valence-electron chi connectivity index (χ2n) is 12.6. The van der Waals surface area contributed by atoms with Crippen molar-refractivity contribution in [1.29, 1.82) is 0 Å². The van der Waals surface area contributed by atoms with Gasteiger partial charge >= 0.3 is 0 Å². The maximum atomic E-state index is 14.3. The van der Waals surface area contributed by atoms with E-state index in [1.54, 1.807) is 11.0 Å². The quantitative estimate of drug-likeness (QED) is 0.361. The number of benzene rings is 1. The summed E-state index contributed by atoms with van der Waals surface area (Å²) in [7, 11) is 0. The molecule has 1 saturated carbocycles. The van der Waals surface area contributed by atoms with Crippen LogP contribution in [-0.2, 0) is 19.1 Å². The predicted molar refractivity (Wildman–Crippen MR) is 160 cm³/mol. The molecule has 5 rings (SSSR count). The second kappa shape index (κ2) is 12.6. The molecule has 42 heavy (non-hydrogen) atoms. The van der Waals surface area contributed by atoms with Crippen molar-refractivity contribution in [2.45, 2.75) is 83.6 Å². The normalized spacial score (nSPS) is 33.4. The molecule has 1 spiro atoms. The number of halogens is 2. The smallest absolute Gasteiger partial charge is 0.246 e. The van der Waals surface area contributed by atoms with Crippen LogP contribution in [0.5, 0.6) is 0 Å². The molecular weight excluding hydrogens is 559 g/mol. The summed E-state index contributed by atoms with van der Waals surface area (Å²) in [6, 6.07) is 3.11. The highest BCUT2D eigenvalue weighted by molar-refractivity contribution is 6.31. The van der Waals surface area contributed by atoms with Crippen molar-refractivity contribution in [3.05, 3.63) is 41.2 Å². The lowest BCUT2D eigenvalue weighted by atomic mass is 9.73. The molecule has 0 radical (unpaired) electrons. The van der Waals surface area contributed by atoms with Crippen molar-refractivity contribution in [2.75, 3.05) is 31.5 Å². The van der Waals surface area contributed by atoms with Crippen LogP contribution in [-0.4, -0.2) is 77.5 Å². The summed E-state index contributed by atoms with van der Waals surface area (Å²) in [5.41, 5.74) is -0.892. The van der Waals surface area contributed by atoms with E-state index in [9.17, 15) is 18.8 Å². The van der Waals surface area contributed by atoms with E-state index in [1.165, 1.54) is 18.2 Å². The third-order valence-corrected chi connectivity index (χ3v) is 10.2. The molecular formula is C32H44ClFN4O4. The molecule has 4 aliphatic rings. The van der Waals surface area contributed by atoms with E-state index in [2.05, 4.69) is 43.2 Å². The van der Waals surface area contributed by atoms with Crippen LogP contribution >= 0.6 is 11.6 Å². The average Bonchev–Trinajstić information content (AvgIpc) is 3.59. The van der Waals surface area contributed by atoms with Gasteiger partial charge < -0.3 is 25.2 Å². The summed E-state index contributed by atoms with van der Waals surface area (Å²) in [5, 5.41) is 6.00. The first-order valence-corrected chi connectivity index (χ1v) is 15.9. The van der Waals surface area contributed by atoms with Gasteiger partial charge in [0.1, 0.15) is 17.5 Å². The summed E-state index contributed by atoms with van der Waals surface area (Å²) in [5.74, 6) is -2.31. The Bertz CT molecular complexity index is 1220. The number of rotatable bonds is 11. The Balaban J connectivity index is 1.43. The fourth-order valence-corrected chi connectivity index (χ4v) is 7.75. The van der Waals surface area contributed by atoms with E-state index in [0.29, 0.717) is 30.6 Å². The van der Waals surface area contributed by atoms with Gasteiger partial charge in [-0.3, -0.25) is 14.4 Å². The summed E-state index contributed by atoms with van der Waals surface area (Å²) < 4.78 is 20.2. The van der Waals surface area contributed by atoms with Gasteiger partial charge in [0.05, 0.1) is 23.0 Å². The zero-order valence-corrected chi connectivity index (χ0v) is 25.8. The highest BCUT2D eigenvalue weighted by Gasteiger charge is 2.72. The van der Waals surface area contributed by atoms with Crippen LogP contribution in [0.1, 0.15) is 59.8 Å². The van der Waals surface area contributed by atoms with Crippen molar-refractivity contribution in [3.63, 3.8) is 0 Å². The number of hydrogen-bond acceptors (Lipinski definition) is 5. The number of nitrogens with one attached hydrogen (secondary N) is 2. The monoisotopic (exact) mass is 602 g/mol. The van der Waals surface area contributed by atoms with Crippen molar-refractivity contribution in [2.24, 2.45) is 23.7 Å². The molecule has 2 bridgehead atoms. The van der Waals surface area contributed by atoms with Crippen LogP contribution in [0.4, 0.5) is 10.1 Å². The molecule has 230 valence electrons. The van der Waals surface area contributed by atoms with Gasteiger partial charge in [-0.15, -0.1) is 0 Å². The molecule has 3 aliphatic heterocycles. The number of nitrogens with zero attached hydrogens (tertiary/aromatic N) is 2. The molecule has 6 unspecified atom stereocenters. The van der Waals surface area contributed by atoms with Crippen molar-refractivity contribution in [3.8, 4) is 0 Å². The van der Waals surface area contributed by atoms with Crippen LogP contribution in [0, 0.1) is 29.5 Å². The Labute approximate surface area is 253 Å². The molecule has 3 fully saturated rings. The standard InChI is InChI=1S/C32H44ClFN4O4/c1-5-14-37(15-6-2)16-17-38-28(30(40)36-24-9-7-8-19(3)20(24)4)32-13-12-25(42-32)26(27(32)31(38)41)29(39)35-21-10-11-23(34)22(33)18-21/h10-13,18-20,24-28H,5-9,14-17H2,1-4H3,(H,35,39)(H,36,40)/t19?,20?,24?,25-,26?,27-,28?,32?/m0/s1. The van der Waals surface area contributed by atoms with Gasteiger partial charge in [0.2, 0.25) is 17.7 Å². The van der Waals surface area contributed by atoms with Crippen molar-refractivity contribution >= 4 is 35.0 Å². The molecule has 8 atom stereocenters. The number of carbonyl (C=O) groups is 3. The van der Waals surface area contributed by atoms with E-state index >= 15 is 0 Å². The SMILES string of the molecule is CCCN(CCC)CCN1C(=O)[C@@H]2C(C(=O)Nc3ccc(F)c(Cl)c3)[C@@H]3C=CC2(O3)C1C(=O)NC1CCCC(C)C1C. The summed E-state index contributed by atoms with van der Waals surface area (Å²) >= 11 is 5.94. The van der Waals surface area contributed by atoms with Gasteiger partial charge in [-0.25, -0.2) is 4.39 Å². The van der Waals surface area contributed by atoms with Crippen LogP contribution in [0.25, 0.3) is 0 Å². The van der Waals surface area contributed by atoms with Crippen LogP contribution < -0.4 is 10.6 Å². The highest BCUT2D eigenvalue weighted by atomic mass is 35.5. The number of ether oxygens (including phenoxy) is 1. The topological polar surface area (TPSA) is 91.0 Å². The number of fused-ring (bicyclic) bond motifs is 1. The summed E-state index contributed by atoms with van der Waals surface area (Å²) in [6.07, 6.45) is 8.08. The number of anilines is 1. The van der Waals surface area contributed by atoms with Crippen LogP contribution in [0.2, 0.25) is 5.02 Å². The molecule has 3 heterocycles. The molecule has 0 aromatic heterocycles. The molecule has 2 N–H and O–H groups in total. The third kappa shape index (κ3) is 5.60. The number of hydrogen-bond donors (Lipinski definition) is 2. The number of carbonyl (C=O) groups excluding carboxylic acids is 3. The van der Waals surface area contributed by atoms with Crippen molar-refractivity contribution < 1.29 is 23.5 Å². The Kier molecular flexibility index (Phi) is 9.30. The minimum absolute atomic E-state index is 0.0234. The molecule has 1 aliphatic carbocycles. The predicted octanol–water partition coefficient (Wildman–Crippen LogP) is 4.63. The zero-order chi connectivity index (χ0) is 30.2. The van der Waals surface area contributed by atoms with Crippen LogP contribution in [0.15, 0.2) is 30.4 Å². The first-order valence-electron chi connectivity index (χ1n) is 15.6. The van der Waals surface area contributed by atoms with Crippen LogP contribution in [0.3, 0.4) is 0 Å². The minimum Gasteiger partial charge on any atom is -0.359 e. The zero-order valence-electron chi connectivity index (χ0n) is 25.1. The fraction of sp³-hybridized carbons (Fsp3) is 0.656. The molecule has 8 nitrogen and oxygen atoms in total. The van der Waals surface area contributed by atoms with Gasteiger partial charge in [-0.2, -0.15) is 0 Å². The first-order chi connectivity index (χ1) is 20.1. The summed E-state index contributed by atoms with van der Waals surface area (Å²) in [4.78, 5) is 46.1. The largest absolute Gasteiger partial charge is 0.359 e. The lowest BCUT2D eigenvalue weighted by molar-refractivity contribution is -0.141. The molecule has 1 aromatic carbocycles.